The van der Waals surface area contributed by atoms with Gasteiger partial charge in [-0.1, -0.05) is 74.4 Å². The standard InChI is InChI=1S/C28H31NO4/c1-2-3-7-25(28(31)32)20-21-10-16-26(17-11-21)33-19-18-29-27(30)24-14-12-23(13-15-24)22-8-5-4-6-9-22/h4-6,8-17,25H,2-3,7,18-20H2,1H3,(H,29,30)(H,31,32). The van der Waals surface area contributed by atoms with Gasteiger partial charge in [-0.05, 0) is 53.8 Å². The maximum atomic E-state index is 12.4. The van der Waals surface area contributed by atoms with Crippen molar-refractivity contribution in [1.82, 2.24) is 5.32 Å². The van der Waals surface area contributed by atoms with Crippen molar-refractivity contribution in [1.29, 1.82) is 0 Å². The lowest BCUT2D eigenvalue weighted by Gasteiger charge is -2.13. The Bertz CT molecular complexity index is 1010. The maximum Gasteiger partial charge on any atom is 0.306 e. The van der Waals surface area contributed by atoms with Crippen LogP contribution in [0, 0.1) is 5.92 Å². The Morgan fingerprint density at radius 3 is 2.21 bits per heavy atom. The molecule has 5 nitrogen and oxygen atoms in total. The van der Waals surface area contributed by atoms with Gasteiger partial charge in [-0.25, -0.2) is 0 Å². The van der Waals surface area contributed by atoms with Crippen LogP contribution >= 0.6 is 0 Å². The number of nitrogens with one attached hydrogen (secondary N) is 1. The molecule has 0 aliphatic heterocycles. The summed E-state index contributed by atoms with van der Waals surface area (Å²) < 4.78 is 5.71. The van der Waals surface area contributed by atoms with Gasteiger partial charge >= 0.3 is 5.97 Å². The number of aliphatic carboxylic acids is 1. The van der Waals surface area contributed by atoms with Crippen molar-refractivity contribution in [2.75, 3.05) is 13.2 Å². The predicted molar refractivity (Wildman–Crippen MR) is 131 cm³/mol. The summed E-state index contributed by atoms with van der Waals surface area (Å²) in [6.07, 6.45) is 3.13. The third-order valence-corrected chi connectivity index (χ3v) is 5.57. The van der Waals surface area contributed by atoms with E-state index in [0.29, 0.717) is 37.3 Å². The first-order valence-electron chi connectivity index (χ1n) is 11.4. The number of rotatable bonds is 12. The zero-order valence-electron chi connectivity index (χ0n) is 19.0. The third kappa shape index (κ3) is 7.49. The quantitative estimate of drug-likeness (QED) is 0.356. The number of amides is 1. The van der Waals surface area contributed by atoms with Gasteiger partial charge in [0.1, 0.15) is 12.4 Å². The molecular weight excluding hydrogens is 414 g/mol. The molecule has 1 unspecified atom stereocenters. The molecule has 0 saturated heterocycles. The van der Waals surface area contributed by atoms with E-state index in [4.69, 9.17) is 4.74 Å². The van der Waals surface area contributed by atoms with Crippen molar-refractivity contribution < 1.29 is 19.4 Å². The van der Waals surface area contributed by atoms with Gasteiger partial charge in [0.05, 0.1) is 12.5 Å². The van der Waals surface area contributed by atoms with Gasteiger partial charge in [-0.15, -0.1) is 0 Å². The summed E-state index contributed by atoms with van der Waals surface area (Å²) in [7, 11) is 0. The summed E-state index contributed by atoms with van der Waals surface area (Å²) >= 11 is 0. The smallest absolute Gasteiger partial charge is 0.306 e. The van der Waals surface area contributed by atoms with Crippen LogP contribution in [0.2, 0.25) is 0 Å². The van der Waals surface area contributed by atoms with E-state index >= 15 is 0 Å². The van der Waals surface area contributed by atoms with Crippen molar-refractivity contribution in [3.8, 4) is 16.9 Å². The summed E-state index contributed by atoms with van der Waals surface area (Å²) in [4.78, 5) is 23.8. The second kappa shape index (κ2) is 12.4. The maximum absolute atomic E-state index is 12.4. The number of carboxylic acids is 1. The van der Waals surface area contributed by atoms with Crippen molar-refractivity contribution in [2.45, 2.75) is 32.6 Å². The number of carbonyl (C=O) groups is 2. The number of hydrogen-bond acceptors (Lipinski definition) is 3. The van der Waals surface area contributed by atoms with Crippen LogP contribution in [0.1, 0.15) is 42.1 Å². The molecule has 0 spiro atoms. The molecule has 0 aliphatic rings. The zero-order valence-corrected chi connectivity index (χ0v) is 19.0. The Morgan fingerprint density at radius 2 is 1.58 bits per heavy atom. The van der Waals surface area contributed by atoms with E-state index in [1.807, 2.05) is 78.9 Å². The van der Waals surface area contributed by atoms with Crippen LogP contribution in [0.15, 0.2) is 78.9 Å². The molecule has 3 aromatic carbocycles. The molecule has 0 radical (unpaired) electrons. The fraction of sp³-hybridized carbons (Fsp3) is 0.286. The van der Waals surface area contributed by atoms with Crippen LogP contribution in [-0.2, 0) is 11.2 Å². The van der Waals surface area contributed by atoms with E-state index in [9.17, 15) is 14.7 Å². The molecule has 0 aliphatic carbocycles. The van der Waals surface area contributed by atoms with Crippen molar-refractivity contribution in [3.63, 3.8) is 0 Å². The number of carbonyl (C=O) groups excluding carboxylic acids is 1. The van der Waals surface area contributed by atoms with Gasteiger partial charge in [0.2, 0.25) is 0 Å². The highest BCUT2D eigenvalue weighted by molar-refractivity contribution is 5.94. The Kier molecular flexibility index (Phi) is 9.07. The average molecular weight is 446 g/mol. The molecule has 1 atom stereocenters. The molecule has 5 heteroatoms. The van der Waals surface area contributed by atoms with Gasteiger partial charge in [0, 0.05) is 5.56 Å². The van der Waals surface area contributed by atoms with Crippen LogP contribution in [0.4, 0.5) is 0 Å². The second-order valence-corrected chi connectivity index (χ2v) is 8.07. The first kappa shape index (κ1) is 24.1. The number of benzene rings is 3. The summed E-state index contributed by atoms with van der Waals surface area (Å²) in [6.45, 7) is 2.80. The van der Waals surface area contributed by atoms with Gasteiger partial charge in [-0.2, -0.15) is 0 Å². The SMILES string of the molecule is CCCCC(Cc1ccc(OCCNC(=O)c2ccc(-c3ccccc3)cc2)cc1)C(=O)O. The number of carboxylic acid groups (broad SMARTS) is 1. The molecule has 172 valence electrons. The van der Waals surface area contributed by atoms with E-state index in [1.54, 1.807) is 0 Å². The summed E-state index contributed by atoms with van der Waals surface area (Å²) in [6, 6.07) is 25.1. The van der Waals surface area contributed by atoms with Gasteiger partial charge in [0.15, 0.2) is 0 Å². The molecule has 0 fully saturated rings. The van der Waals surface area contributed by atoms with Crippen molar-refractivity contribution in [2.24, 2.45) is 5.92 Å². The minimum Gasteiger partial charge on any atom is -0.492 e. The van der Waals surface area contributed by atoms with E-state index in [2.05, 4.69) is 12.2 Å². The average Bonchev–Trinajstić information content (AvgIpc) is 2.85. The molecule has 33 heavy (non-hydrogen) atoms. The molecule has 1 amide bonds. The highest BCUT2D eigenvalue weighted by Crippen LogP contribution is 2.20. The summed E-state index contributed by atoms with van der Waals surface area (Å²) in [5.74, 6) is -0.538. The van der Waals surface area contributed by atoms with E-state index < -0.39 is 5.97 Å². The van der Waals surface area contributed by atoms with Crippen molar-refractivity contribution >= 4 is 11.9 Å². The monoisotopic (exact) mass is 445 g/mol. The lowest BCUT2D eigenvalue weighted by Crippen LogP contribution is -2.28. The first-order chi connectivity index (χ1) is 16.1. The second-order valence-electron chi connectivity index (χ2n) is 8.07. The summed E-state index contributed by atoms with van der Waals surface area (Å²) in [5.41, 5.74) is 3.77. The van der Waals surface area contributed by atoms with Crippen LogP contribution < -0.4 is 10.1 Å². The molecular formula is C28H31NO4. The Balaban J connectivity index is 1.42. The largest absolute Gasteiger partial charge is 0.492 e. The molecule has 3 aromatic rings. The fourth-order valence-electron chi connectivity index (χ4n) is 3.65. The minimum atomic E-state index is -0.741. The van der Waals surface area contributed by atoms with Crippen LogP contribution in [-0.4, -0.2) is 30.1 Å². The highest BCUT2D eigenvalue weighted by Gasteiger charge is 2.17. The van der Waals surface area contributed by atoms with E-state index in [-0.39, 0.29) is 11.8 Å². The Morgan fingerprint density at radius 1 is 0.909 bits per heavy atom. The molecule has 0 heterocycles. The fourth-order valence-corrected chi connectivity index (χ4v) is 3.65. The number of hydrogen-bond donors (Lipinski definition) is 2. The van der Waals surface area contributed by atoms with Crippen LogP contribution in [0.5, 0.6) is 5.75 Å². The zero-order chi connectivity index (χ0) is 23.5. The normalized spacial score (nSPS) is 11.5. The van der Waals surface area contributed by atoms with Crippen LogP contribution in [0.25, 0.3) is 11.1 Å². The van der Waals surface area contributed by atoms with Crippen molar-refractivity contribution in [3.05, 3.63) is 90.0 Å². The Labute approximate surface area is 195 Å². The van der Waals surface area contributed by atoms with Gasteiger partial charge in [-0.3, -0.25) is 9.59 Å². The lowest BCUT2D eigenvalue weighted by molar-refractivity contribution is -0.142. The van der Waals surface area contributed by atoms with Gasteiger partial charge in [0.25, 0.3) is 5.91 Å². The topological polar surface area (TPSA) is 75.6 Å². The molecule has 0 bridgehead atoms. The first-order valence-corrected chi connectivity index (χ1v) is 11.4. The van der Waals surface area contributed by atoms with E-state index in [1.165, 1.54) is 0 Å². The molecule has 0 aromatic heterocycles. The highest BCUT2D eigenvalue weighted by atomic mass is 16.5. The number of ether oxygens (including phenoxy) is 1. The predicted octanol–water partition coefficient (Wildman–Crippen LogP) is 5.60. The third-order valence-electron chi connectivity index (χ3n) is 5.57. The lowest BCUT2D eigenvalue weighted by atomic mass is 9.94. The van der Waals surface area contributed by atoms with E-state index in [0.717, 1.165) is 29.5 Å². The Hall–Kier alpha value is -3.60. The van der Waals surface area contributed by atoms with Crippen LogP contribution in [0.3, 0.4) is 0 Å². The number of unbranched alkanes of at least 4 members (excludes halogenated alkanes) is 1. The minimum absolute atomic E-state index is 0.139. The summed E-state index contributed by atoms with van der Waals surface area (Å²) in [5, 5.41) is 12.3. The molecule has 2 N–H and O–H groups in total. The molecule has 0 saturated carbocycles. The van der Waals surface area contributed by atoms with Gasteiger partial charge < -0.3 is 15.2 Å². The molecule has 3 rings (SSSR count).